The van der Waals surface area contributed by atoms with Crippen LogP contribution in [0.2, 0.25) is 0 Å². The minimum absolute atomic E-state index is 0.403. The van der Waals surface area contributed by atoms with E-state index in [1.54, 1.807) is 0 Å². The van der Waals surface area contributed by atoms with Crippen molar-refractivity contribution in [3.8, 4) is 0 Å². The summed E-state index contributed by atoms with van der Waals surface area (Å²) in [5, 5.41) is 13.3. The third kappa shape index (κ3) is 9.46. The third-order valence-corrected chi connectivity index (χ3v) is 4.30. The maximum Gasteiger partial charge on any atom is 0.0897 e. The molecule has 1 rings (SSSR count). The van der Waals surface area contributed by atoms with Gasteiger partial charge in [-0.3, -0.25) is 0 Å². The molecular formula is C17H35NO3. The van der Waals surface area contributed by atoms with Crippen LogP contribution in [-0.2, 0) is 9.47 Å². The van der Waals surface area contributed by atoms with Gasteiger partial charge in [0, 0.05) is 25.8 Å². The van der Waals surface area contributed by atoms with Crippen molar-refractivity contribution in [2.24, 2.45) is 5.92 Å². The first kappa shape index (κ1) is 18.9. The van der Waals surface area contributed by atoms with Crippen LogP contribution in [0.25, 0.3) is 0 Å². The number of hydrogen-bond donors (Lipinski definition) is 2. The Balaban J connectivity index is 1.88. The zero-order valence-corrected chi connectivity index (χ0v) is 14.0. The Bertz CT molecular complexity index is 232. The highest BCUT2D eigenvalue weighted by atomic mass is 16.5. The molecule has 0 spiro atoms. The number of ether oxygens (including phenoxy) is 2. The lowest BCUT2D eigenvalue weighted by atomic mass is 10.0. The average Bonchev–Trinajstić information content (AvgIpc) is 3.02. The number of nitrogens with one attached hydrogen (secondary N) is 1. The monoisotopic (exact) mass is 301 g/mol. The van der Waals surface area contributed by atoms with Gasteiger partial charge in [0.05, 0.1) is 19.3 Å². The Labute approximate surface area is 130 Å². The zero-order valence-electron chi connectivity index (χ0n) is 14.0. The Kier molecular flexibility index (Phi) is 11.1. The van der Waals surface area contributed by atoms with E-state index in [-0.39, 0.29) is 0 Å². The molecule has 4 nitrogen and oxygen atoms in total. The molecule has 0 radical (unpaired) electrons. The first-order valence-electron chi connectivity index (χ1n) is 8.81. The van der Waals surface area contributed by atoms with Crippen LogP contribution < -0.4 is 5.32 Å². The van der Waals surface area contributed by atoms with E-state index in [1.165, 1.54) is 32.1 Å². The molecule has 1 heterocycles. The molecule has 0 aromatic carbocycles. The van der Waals surface area contributed by atoms with E-state index in [2.05, 4.69) is 19.2 Å². The van der Waals surface area contributed by atoms with Crippen LogP contribution in [0.1, 0.15) is 58.8 Å². The largest absolute Gasteiger partial charge is 0.389 e. The average molecular weight is 301 g/mol. The van der Waals surface area contributed by atoms with Crippen molar-refractivity contribution in [2.75, 3.05) is 33.0 Å². The standard InChI is InChI=1S/C17H35NO3/c1-3-4-5-6-7-8-10-20-14-17(19)12-18-15(2)16-9-11-21-13-16/h15-19H,3-14H2,1-2H3. The van der Waals surface area contributed by atoms with Crippen molar-refractivity contribution in [1.82, 2.24) is 5.32 Å². The van der Waals surface area contributed by atoms with Crippen LogP contribution in [-0.4, -0.2) is 50.2 Å². The molecule has 3 atom stereocenters. The highest BCUT2D eigenvalue weighted by Gasteiger charge is 2.22. The zero-order chi connectivity index (χ0) is 15.3. The first-order chi connectivity index (χ1) is 10.2. The third-order valence-electron chi connectivity index (χ3n) is 4.30. The van der Waals surface area contributed by atoms with Crippen LogP contribution in [0, 0.1) is 5.92 Å². The summed E-state index contributed by atoms with van der Waals surface area (Å²) in [6, 6.07) is 0.403. The van der Waals surface area contributed by atoms with E-state index in [0.717, 1.165) is 32.7 Å². The fourth-order valence-corrected chi connectivity index (χ4v) is 2.70. The van der Waals surface area contributed by atoms with Gasteiger partial charge in [0.25, 0.3) is 0 Å². The molecule has 1 aliphatic rings. The van der Waals surface area contributed by atoms with Crippen LogP contribution in [0.15, 0.2) is 0 Å². The summed E-state index contributed by atoms with van der Waals surface area (Å²) in [5.74, 6) is 0.584. The van der Waals surface area contributed by atoms with Gasteiger partial charge in [-0.1, -0.05) is 39.0 Å². The number of rotatable bonds is 13. The molecule has 3 unspecified atom stereocenters. The van der Waals surface area contributed by atoms with Gasteiger partial charge in [-0.05, 0) is 25.7 Å². The van der Waals surface area contributed by atoms with E-state index in [4.69, 9.17) is 9.47 Å². The molecule has 126 valence electrons. The lowest BCUT2D eigenvalue weighted by Gasteiger charge is -2.21. The van der Waals surface area contributed by atoms with Gasteiger partial charge < -0.3 is 19.9 Å². The van der Waals surface area contributed by atoms with Crippen LogP contribution in [0.4, 0.5) is 0 Å². The highest BCUT2D eigenvalue weighted by molar-refractivity contribution is 4.76. The van der Waals surface area contributed by atoms with Crippen LogP contribution in [0.3, 0.4) is 0 Å². The van der Waals surface area contributed by atoms with Crippen molar-refractivity contribution in [3.05, 3.63) is 0 Å². The van der Waals surface area contributed by atoms with Gasteiger partial charge in [-0.25, -0.2) is 0 Å². The summed E-state index contributed by atoms with van der Waals surface area (Å²) in [6.07, 6.45) is 8.35. The summed E-state index contributed by atoms with van der Waals surface area (Å²) < 4.78 is 10.9. The minimum atomic E-state index is -0.408. The second-order valence-electron chi connectivity index (χ2n) is 6.32. The highest BCUT2D eigenvalue weighted by Crippen LogP contribution is 2.16. The number of aliphatic hydroxyl groups excluding tert-OH is 1. The molecule has 4 heteroatoms. The molecule has 1 saturated heterocycles. The van der Waals surface area contributed by atoms with Crippen LogP contribution >= 0.6 is 0 Å². The maximum atomic E-state index is 9.89. The summed E-state index contributed by atoms with van der Waals surface area (Å²) >= 11 is 0. The van der Waals surface area contributed by atoms with Crippen molar-refractivity contribution >= 4 is 0 Å². The van der Waals surface area contributed by atoms with E-state index in [9.17, 15) is 5.11 Å². The van der Waals surface area contributed by atoms with Gasteiger partial charge in [0.15, 0.2) is 0 Å². The lowest BCUT2D eigenvalue weighted by molar-refractivity contribution is 0.0332. The summed E-state index contributed by atoms with van der Waals surface area (Å²) in [7, 11) is 0. The molecule has 0 aliphatic carbocycles. The van der Waals surface area contributed by atoms with Crippen molar-refractivity contribution in [3.63, 3.8) is 0 Å². The Morgan fingerprint density at radius 3 is 2.71 bits per heavy atom. The Morgan fingerprint density at radius 2 is 2.00 bits per heavy atom. The Hall–Kier alpha value is -0.160. The summed E-state index contributed by atoms with van der Waals surface area (Å²) in [6.45, 7) is 7.95. The molecule has 0 amide bonds. The summed E-state index contributed by atoms with van der Waals surface area (Å²) in [4.78, 5) is 0. The quantitative estimate of drug-likeness (QED) is 0.514. The molecule has 0 bridgehead atoms. The first-order valence-corrected chi connectivity index (χ1v) is 8.81. The van der Waals surface area contributed by atoms with Gasteiger partial charge >= 0.3 is 0 Å². The van der Waals surface area contributed by atoms with Crippen molar-refractivity contribution in [1.29, 1.82) is 0 Å². The van der Waals surface area contributed by atoms with E-state index in [0.29, 0.717) is 25.1 Å². The second-order valence-corrected chi connectivity index (χ2v) is 6.32. The van der Waals surface area contributed by atoms with E-state index in [1.807, 2.05) is 0 Å². The molecule has 21 heavy (non-hydrogen) atoms. The van der Waals surface area contributed by atoms with Gasteiger partial charge in [0.1, 0.15) is 0 Å². The smallest absolute Gasteiger partial charge is 0.0897 e. The lowest BCUT2D eigenvalue weighted by Crippen LogP contribution is -2.40. The topological polar surface area (TPSA) is 50.7 Å². The summed E-state index contributed by atoms with van der Waals surface area (Å²) in [5.41, 5.74) is 0. The predicted octanol–water partition coefficient (Wildman–Crippen LogP) is 2.74. The number of unbranched alkanes of at least 4 members (excludes halogenated alkanes) is 5. The molecule has 1 fully saturated rings. The number of hydrogen-bond acceptors (Lipinski definition) is 4. The van der Waals surface area contributed by atoms with E-state index < -0.39 is 6.10 Å². The predicted molar refractivity (Wildman–Crippen MR) is 86.6 cm³/mol. The second kappa shape index (κ2) is 12.4. The van der Waals surface area contributed by atoms with E-state index >= 15 is 0 Å². The normalized spacial score (nSPS) is 21.6. The Morgan fingerprint density at radius 1 is 1.24 bits per heavy atom. The van der Waals surface area contributed by atoms with Crippen molar-refractivity contribution < 1.29 is 14.6 Å². The van der Waals surface area contributed by atoms with Crippen molar-refractivity contribution in [2.45, 2.75) is 70.9 Å². The fraction of sp³-hybridized carbons (Fsp3) is 1.00. The minimum Gasteiger partial charge on any atom is -0.389 e. The molecule has 1 aliphatic heterocycles. The molecule has 0 saturated carbocycles. The molecule has 2 N–H and O–H groups in total. The van der Waals surface area contributed by atoms with Gasteiger partial charge in [0.2, 0.25) is 0 Å². The molecular weight excluding hydrogens is 266 g/mol. The fourth-order valence-electron chi connectivity index (χ4n) is 2.70. The number of aliphatic hydroxyl groups is 1. The SMILES string of the molecule is CCCCCCCCOCC(O)CNC(C)C1CCOC1. The molecule has 0 aromatic heterocycles. The molecule has 0 aromatic rings. The van der Waals surface area contributed by atoms with Gasteiger partial charge in [-0.2, -0.15) is 0 Å². The van der Waals surface area contributed by atoms with Crippen LogP contribution in [0.5, 0.6) is 0 Å². The van der Waals surface area contributed by atoms with Gasteiger partial charge in [-0.15, -0.1) is 0 Å². The maximum absolute atomic E-state index is 9.89.